The van der Waals surface area contributed by atoms with Gasteiger partial charge in [0.2, 0.25) is 11.8 Å². The fraction of sp³-hybridized carbons (Fsp3) is 0.231. The number of hydrogen-bond acceptors (Lipinski definition) is 6. The number of carbonyl (C=O) groups is 4. The molecule has 2 aromatic heterocycles. The highest BCUT2D eigenvalue weighted by Crippen LogP contribution is 2.40. The number of aliphatic carboxylic acids is 1. The Morgan fingerprint density at radius 2 is 1.40 bits per heavy atom. The van der Waals surface area contributed by atoms with Crippen LogP contribution in [-0.2, 0) is 26.3 Å². The lowest BCUT2D eigenvalue weighted by Crippen LogP contribution is -2.55. The summed E-state index contributed by atoms with van der Waals surface area (Å²) >= 11 is 0. The van der Waals surface area contributed by atoms with Crippen LogP contribution in [0.4, 0.5) is 0 Å². The molecule has 50 heavy (non-hydrogen) atoms. The molecule has 11 heteroatoms. The third kappa shape index (κ3) is 6.88. The van der Waals surface area contributed by atoms with Gasteiger partial charge in [-0.05, 0) is 48.6 Å². The SMILES string of the molecule is C[C@@H](NC(=O)c1ccncc1)C(=O)N1CCC[C@H]1C(=O)N[C@@H](Cc1cn(C(c2ccccc2)(c2ccccc2)c2ccccc2)cn1)C(=O)O. The molecule has 11 nitrogen and oxygen atoms in total. The fourth-order valence-electron chi connectivity index (χ4n) is 6.71. The van der Waals surface area contributed by atoms with Crippen LogP contribution < -0.4 is 10.6 Å². The van der Waals surface area contributed by atoms with Gasteiger partial charge in [0.05, 0.1) is 12.0 Å². The predicted octanol–water partition coefficient (Wildman–Crippen LogP) is 4.04. The highest BCUT2D eigenvalue weighted by Gasteiger charge is 2.40. The molecule has 1 saturated heterocycles. The summed E-state index contributed by atoms with van der Waals surface area (Å²) in [6.07, 6.45) is 7.35. The molecule has 3 atom stereocenters. The van der Waals surface area contributed by atoms with Crippen LogP contribution in [0.3, 0.4) is 0 Å². The second-order valence-corrected chi connectivity index (χ2v) is 12.3. The van der Waals surface area contributed by atoms with Gasteiger partial charge in [0.15, 0.2) is 0 Å². The molecule has 0 spiro atoms. The lowest BCUT2D eigenvalue weighted by Gasteiger charge is -2.37. The van der Waals surface area contributed by atoms with Crippen molar-refractivity contribution in [1.82, 2.24) is 30.1 Å². The van der Waals surface area contributed by atoms with Gasteiger partial charge < -0.3 is 25.2 Å². The smallest absolute Gasteiger partial charge is 0.326 e. The summed E-state index contributed by atoms with van der Waals surface area (Å²) in [4.78, 5) is 62.0. The lowest BCUT2D eigenvalue weighted by molar-refractivity contribution is -0.144. The number of pyridine rings is 1. The standard InChI is InChI=1S/C39H38N6O5/c1-27(42-35(46)28-19-21-40-22-20-28)37(48)45-23-11-18-34(45)36(47)43-33(38(49)50)24-32-25-44(26-41-32)39(29-12-5-2-6-13-29,30-14-7-3-8-15-30)31-16-9-4-10-17-31/h2-10,12-17,19-22,25-27,33-34H,11,18,23-24H2,1H3,(H,42,46)(H,43,47)(H,49,50)/t27-,33+,34+/m1/s1. The normalized spacial score (nSPS) is 15.5. The summed E-state index contributed by atoms with van der Waals surface area (Å²) in [5.41, 5.74) is 2.96. The molecule has 5 aromatic rings. The first-order valence-corrected chi connectivity index (χ1v) is 16.5. The maximum atomic E-state index is 13.6. The van der Waals surface area contributed by atoms with Crippen molar-refractivity contribution in [1.29, 1.82) is 0 Å². The van der Waals surface area contributed by atoms with Crippen LogP contribution in [0.5, 0.6) is 0 Å². The molecule has 0 bridgehead atoms. The molecule has 0 radical (unpaired) electrons. The van der Waals surface area contributed by atoms with E-state index < -0.39 is 47.4 Å². The van der Waals surface area contributed by atoms with E-state index in [0.717, 1.165) is 16.7 Å². The molecule has 254 valence electrons. The number of rotatable bonds is 12. The van der Waals surface area contributed by atoms with E-state index in [0.29, 0.717) is 30.6 Å². The Kier molecular flexibility index (Phi) is 10.1. The zero-order valence-electron chi connectivity index (χ0n) is 27.6. The van der Waals surface area contributed by atoms with E-state index in [-0.39, 0.29) is 6.42 Å². The number of carboxylic acid groups (broad SMARTS) is 1. The van der Waals surface area contributed by atoms with Crippen LogP contribution in [0.15, 0.2) is 128 Å². The molecule has 0 saturated carbocycles. The van der Waals surface area contributed by atoms with Gasteiger partial charge in [0.25, 0.3) is 5.91 Å². The molecule has 1 aliphatic heterocycles. The zero-order chi connectivity index (χ0) is 35.1. The first-order chi connectivity index (χ1) is 24.3. The van der Waals surface area contributed by atoms with Crippen molar-refractivity contribution in [2.45, 2.75) is 49.9 Å². The number of hydrogen-bond donors (Lipinski definition) is 3. The van der Waals surface area contributed by atoms with Crippen molar-refractivity contribution >= 4 is 23.7 Å². The summed E-state index contributed by atoms with van der Waals surface area (Å²) in [5, 5.41) is 15.6. The van der Waals surface area contributed by atoms with Gasteiger partial charge in [-0.3, -0.25) is 19.4 Å². The molecule has 0 unspecified atom stereocenters. The molecule has 3 heterocycles. The van der Waals surface area contributed by atoms with E-state index in [1.807, 2.05) is 65.4 Å². The van der Waals surface area contributed by atoms with Crippen LogP contribution in [-0.4, -0.2) is 72.9 Å². The number of nitrogens with zero attached hydrogens (tertiary/aromatic N) is 4. The molecule has 1 aliphatic rings. The minimum absolute atomic E-state index is 0.0818. The molecule has 1 fully saturated rings. The Labute approximate surface area is 290 Å². The van der Waals surface area contributed by atoms with Gasteiger partial charge in [-0.25, -0.2) is 9.78 Å². The van der Waals surface area contributed by atoms with Crippen molar-refractivity contribution < 1.29 is 24.3 Å². The maximum Gasteiger partial charge on any atom is 0.326 e. The van der Waals surface area contributed by atoms with Gasteiger partial charge in [-0.2, -0.15) is 0 Å². The molecule has 3 aromatic carbocycles. The van der Waals surface area contributed by atoms with Crippen LogP contribution in [0.25, 0.3) is 0 Å². The molecule has 6 rings (SSSR count). The van der Waals surface area contributed by atoms with Gasteiger partial charge in [0.1, 0.15) is 23.7 Å². The number of likely N-dealkylation sites (tertiary alicyclic amines) is 1. The number of carbonyl (C=O) groups excluding carboxylic acids is 3. The Hall–Kier alpha value is -6.10. The predicted molar refractivity (Wildman–Crippen MR) is 186 cm³/mol. The maximum absolute atomic E-state index is 13.6. The van der Waals surface area contributed by atoms with Crippen molar-refractivity contribution in [3.05, 3.63) is 156 Å². The summed E-state index contributed by atoms with van der Waals surface area (Å²) in [7, 11) is 0. The largest absolute Gasteiger partial charge is 0.480 e. The average Bonchev–Trinajstić information content (AvgIpc) is 3.84. The number of imidazole rings is 1. The summed E-state index contributed by atoms with van der Waals surface area (Å²) < 4.78 is 1.99. The first-order valence-electron chi connectivity index (χ1n) is 16.5. The van der Waals surface area contributed by atoms with Gasteiger partial charge in [-0.15, -0.1) is 0 Å². The quantitative estimate of drug-likeness (QED) is 0.170. The van der Waals surface area contributed by atoms with E-state index >= 15 is 0 Å². The minimum Gasteiger partial charge on any atom is -0.480 e. The second kappa shape index (κ2) is 15.0. The van der Waals surface area contributed by atoms with Crippen molar-refractivity contribution in [2.24, 2.45) is 0 Å². The van der Waals surface area contributed by atoms with Gasteiger partial charge in [0, 0.05) is 37.1 Å². The molecular weight excluding hydrogens is 632 g/mol. The summed E-state index contributed by atoms with van der Waals surface area (Å²) in [5.74, 6) is -2.64. The molecular formula is C39H38N6O5. The van der Waals surface area contributed by atoms with Crippen LogP contribution >= 0.6 is 0 Å². The number of carboxylic acids is 1. The Bertz CT molecular complexity index is 1840. The highest BCUT2D eigenvalue weighted by atomic mass is 16.4. The topological polar surface area (TPSA) is 147 Å². The number of benzene rings is 3. The lowest BCUT2D eigenvalue weighted by atomic mass is 9.77. The zero-order valence-corrected chi connectivity index (χ0v) is 27.6. The third-order valence-corrected chi connectivity index (χ3v) is 9.12. The minimum atomic E-state index is -1.30. The monoisotopic (exact) mass is 670 g/mol. The third-order valence-electron chi connectivity index (χ3n) is 9.12. The average molecular weight is 671 g/mol. The van der Waals surface area contributed by atoms with E-state index in [9.17, 15) is 24.3 Å². The Balaban J connectivity index is 1.22. The molecule has 0 aliphatic carbocycles. The second-order valence-electron chi connectivity index (χ2n) is 12.3. The summed E-state index contributed by atoms with van der Waals surface area (Å²) in [6.45, 7) is 1.88. The van der Waals surface area contributed by atoms with Crippen LogP contribution in [0.1, 0.15) is 52.5 Å². The van der Waals surface area contributed by atoms with Crippen molar-refractivity contribution in [3.63, 3.8) is 0 Å². The van der Waals surface area contributed by atoms with Crippen LogP contribution in [0.2, 0.25) is 0 Å². The van der Waals surface area contributed by atoms with E-state index in [1.54, 1.807) is 25.4 Å². The van der Waals surface area contributed by atoms with Gasteiger partial charge >= 0.3 is 5.97 Å². The van der Waals surface area contributed by atoms with E-state index in [4.69, 9.17) is 0 Å². The summed E-state index contributed by atoms with van der Waals surface area (Å²) in [6, 6.07) is 30.1. The first kappa shape index (κ1) is 33.8. The molecule has 3 amide bonds. The van der Waals surface area contributed by atoms with E-state index in [2.05, 4.69) is 57.0 Å². The Morgan fingerprint density at radius 3 is 1.94 bits per heavy atom. The number of nitrogens with one attached hydrogen (secondary N) is 2. The van der Waals surface area contributed by atoms with E-state index in [1.165, 1.54) is 17.3 Å². The van der Waals surface area contributed by atoms with Crippen LogP contribution in [0, 0.1) is 0 Å². The molecule has 3 N–H and O–H groups in total. The fourth-order valence-corrected chi connectivity index (χ4v) is 6.71. The Morgan fingerprint density at radius 1 is 0.840 bits per heavy atom. The van der Waals surface area contributed by atoms with Crippen molar-refractivity contribution in [2.75, 3.05) is 6.54 Å². The number of aromatic nitrogens is 3. The number of amides is 3. The highest BCUT2D eigenvalue weighted by molar-refractivity contribution is 5.98. The van der Waals surface area contributed by atoms with Gasteiger partial charge in [-0.1, -0.05) is 91.0 Å². The van der Waals surface area contributed by atoms with Crippen molar-refractivity contribution in [3.8, 4) is 0 Å².